The van der Waals surface area contributed by atoms with Crippen LogP contribution in [0.15, 0.2) is 30.3 Å². The van der Waals surface area contributed by atoms with E-state index in [9.17, 15) is 34.5 Å². The maximum absolute atomic E-state index is 13.3. The second kappa shape index (κ2) is 25.9. The number of ether oxygens (including phenoxy) is 7. The number of aliphatic hydroxyl groups excluding tert-OH is 3. The second-order valence-corrected chi connectivity index (χ2v) is 21.0. The van der Waals surface area contributed by atoms with Gasteiger partial charge in [-0.3, -0.25) is 14.4 Å². The summed E-state index contributed by atoms with van der Waals surface area (Å²) in [6, 6.07) is 6.91. The number of halogens is 3. The molecule has 1 aliphatic carbocycles. The summed E-state index contributed by atoms with van der Waals surface area (Å²) < 4.78 is 47.5. The van der Waals surface area contributed by atoms with Crippen LogP contribution in [0, 0.1) is 12.8 Å². The molecular weight excluding hydrogens is 988 g/mol. The summed E-state index contributed by atoms with van der Waals surface area (Å²) in [7, 11) is 3.07. The van der Waals surface area contributed by atoms with Gasteiger partial charge in [0.25, 0.3) is 11.8 Å². The van der Waals surface area contributed by atoms with E-state index in [4.69, 9.17) is 57.7 Å². The number of amides is 3. The predicted molar refractivity (Wildman–Crippen MR) is 224 cm³/mol. The van der Waals surface area contributed by atoms with Crippen LogP contribution in [0.1, 0.15) is 52.5 Å². The summed E-state index contributed by atoms with van der Waals surface area (Å²) in [5.41, 5.74) is 1.41. The van der Waals surface area contributed by atoms with Crippen molar-refractivity contribution in [3.05, 3.63) is 62.6 Å². The molecule has 2 saturated heterocycles. The molecule has 0 aromatic heterocycles. The Hall–Kier alpha value is -2.38. The number of methoxy groups -OCH3 is 1. The van der Waals surface area contributed by atoms with E-state index >= 15 is 0 Å². The van der Waals surface area contributed by atoms with Gasteiger partial charge in [0.05, 0.1) is 36.5 Å². The number of rotatable bonds is 25. The number of nitrogens with one attached hydrogen (secondary N) is 3. The van der Waals surface area contributed by atoms with Crippen LogP contribution >= 0.6 is 32.1 Å². The molecule has 2 aliphatic heterocycles. The van der Waals surface area contributed by atoms with E-state index in [1.807, 2.05) is 0 Å². The third kappa shape index (κ3) is 14.8. The number of aliphatic hydroxyl groups is 3. The first-order valence-corrected chi connectivity index (χ1v) is 25.5. The molecule has 2 aromatic carbocycles. The molecule has 0 radical (unpaired) electrons. The molecular formula is C41H55Cl2IN3O14S-. The van der Waals surface area contributed by atoms with Crippen LogP contribution in [0.2, 0.25) is 10.0 Å². The Morgan fingerprint density at radius 2 is 1.63 bits per heavy atom. The normalized spacial score (nSPS) is 25.9. The number of fused-ring (bicyclic) bond motifs is 2. The molecule has 5 rings (SSSR count). The van der Waals surface area contributed by atoms with E-state index in [2.05, 4.69) is 16.0 Å². The zero-order valence-corrected chi connectivity index (χ0v) is 38.9. The summed E-state index contributed by atoms with van der Waals surface area (Å²) in [4.78, 5) is 50.6. The molecule has 0 spiro atoms. The molecule has 6 N–H and O–H groups in total. The molecule has 3 unspecified atom stereocenters. The number of hydrogen-bond donors (Lipinski definition) is 6. The zero-order chi connectivity index (χ0) is 45.5. The number of alkyl halides is 1. The Morgan fingerprint density at radius 1 is 0.919 bits per heavy atom. The van der Waals surface area contributed by atoms with Crippen molar-refractivity contribution in [3.8, 4) is 5.75 Å². The number of benzene rings is 2. The van der Waals surface area contributed by atoms with Crippen LogP contribution in [0.3, 0.4) is 0 Å². The van der Waals surface area contributed by atoms with E-state index in [1.54, 1.807) is 40.1 Å². The van der Waals surface area contributed by atoms with Crippen LogP contribution in [0.4, 0.5) is 0 Å². The molecule has 3 amide bonds. The molecule has 346 valence electrons. The van der Waals surface area contributed by atoms with Gasteiger partial charge in [0.1, 0.15) is 37.6 Å². The van der Waals surface area contributed by atoms with E-state index in [1.165, 1.54) is 13.2 Å². The maximum atomic E-state index is 13.3. The van der Waals surface area contributed by atoms with Gasteiger partial charge < -0.3 is 49.6 Å². The van der Waals surface area contributed by atoms with Crippen LogP contribution < -0.4 is 40.5 Å². The van der Waals surface area contributed by atoms with Crippen LogP contribution in [-0.4, -0.2) is 158 Å². The number of carbonyl (C=O) groups is 4. The van der Waals surface area contributed by atoms with E-state index < -0.39 is 48.4 Å². The van der Waals surface area contributed by atoms with Gasteiger partial charge >= 0.3 is 123 Å². The monoisotopic (exact) mass is 1040 g/mol. The molecule has 2 bridgehead atoms. The fourth-order valence-corrected chi connectivity index (χ4v) is 14.1. The van der Waals surface area contributed by atoms with Crippen molar-refractivity contribution in [2.75, 3.05) is 79.7 Å². The van der Waals surface area contributed by atoms with E-state index in [0.29, 0.717) is 40.2 Å². The summed E-state index contributed by atoms with van der Waals surface area (Å²) in [6.07, 6.45) is -2.79. The Kier molecular flexibility index (Phi) is 20.5. The Morgan fingerprint density at radius 3 is 2.34 bits per heavy atom. The van der Waals surface area contributed by atoms with Crippen molar-refractivity contribution >= 4 is 55.6 Å². The number of Topliss-reactive ketones (excluding diaryl/α,β-unsaturated/α-hetero) is 1. The van der Waals surface area contributed by atoms with Crippen LogP contribution in [0.25, 0.3) is 0 Å². The van der Waals surface area contributed by atoms with Gasteiger partial charge in [0, 0.05) is 24.8 Å². The molecule has 17 nitrogen and oxygen atoms in total. The fourth-order valence-electron chi connectivity index (χ4n) is 6.82. The van der Waals surface area contributed by atoms with Crippen LogP contribution in [-0.2, 0) is 44.6 Å². The summed E-state index contributed by atoms with van der Waals surface area (Å²) in [5, 5.41) is 38.0. The van der Waals surface area contributed by atoms with E-state index in [-0.39, 0.29) is 124 Å². The van der Waals surface area contributed by atoms with E-state index in [0.717, 1.165) is 12.8 Å². The molecule has 8 atom stereocenters. The van der Waals surface area contributed by atoms with Crippen molar-refractivity contribution in [2.24, 2.45) is 5.92 Å². The van der Waals surface area contributed by atoms with Gasteiger partial charge in [-0.25, -0.2) is 0 Å². The molecule has 62 heavy (non-hydrogen) atoms. The first-order valence-electron chi connectivity index (χ1n) is 20.6. The van der Waals surface area contributed by atoms with Gasteiger partial charge in [0.15, 0.2) is 12.0 Å². The topological polar surface area (TPSA) is 230 Å². The molecule has 2 aromatic rings. The molecule has 1 saturated carbocycles. The van der Waals surface area contributed by atoms with Gasteiger partial charge in [-0.2, -0.15) is 0 Å². The molecule has 21 heteroatoms. The van der Waals surface area contributed by atoms with Crippen molar-refractivity contribution in [1.82, 2.24) is 16.0 Å². The first kappa shape index (κ1) is 49.1. The average molecular weight is 1050 g/mol. The Balaban J connectivity index is 0.907. The van der Waals surface area contributed by atoms with Crippen molar-refractivity contribution in [3.63, 3.8) is 0 Å². The summed E-state index contributed by atoms with van der Waals surface area (Å²) in [5.74, 6) is -1.19. The van der Waals surface area contributed by atoms with Crippen molar-refractivity contribution < 1.29 is 88.8 Å². The van der Waals surface area contributed by atoms with Gasteiger partial charge in [-0.1, -0.05) is 35.3 Å². The van der Waals surface area contributed by atoms with Crippen molar-refractivity contribution in [2.45, 2.75) is 72.6 Å². The quantitative estimate of drug-likeness (QED) is 0.0392. The number of carbonyl (C=O) groups excluding carboxylic acids is 4. The predicted octanol–water partition coefficient (Wildman–Crippen LogP) is -1.17. The van der Waals surface area contributed by atoms with Gasteiger partial charge in [0.2, 0.25) is 5.91 Å². The SMILES string of the molecule is [3H]C12CC(CC(C(=O)COCCOCCNC(=O)COCCOCCNC(=O)c3cccc(COc4c(Cl)cc(C(=O)N[C@H]5[C@@H](OC)O[C@H](CO)[C@@H](O)[C@@H]5O)c(C)c4Cl)c3)C1)[I-]S2. The molecule has 3 aliphatic rings. The minimum absolute atomic E-state index is 0.0127. The second-order valence-electron chi connectivity index (χ2n) is 14.6. The van der Waals surface area contributed by atoms with Crippen LogP contribution in [0.5, 0.6) is 5.75 Å². The minimum atomic E-state index is -1.51. The summed E-state index contributed by atoms with van der Waals surface area (Å²) in [6.45, 7) is 2.90. The number of hydrogen-bond acceptors (Lipinski definition) is 15. The average Bonchev–Trinajstić information content (AvgIpc) is 3.55. The number of ketones is 1. The zero-order valence-electron chi connectivity index (χ0n) is 35.4. The Labute approximate surface area is 384 Å². The third-order valence-corrected chi connectivity index (χ3v) is 17.5. The molecule has 2 heterocycles. The first-order chi connectivity index (χ1) is 30.2. The summed E-state index contributed by atoms with van der Waals surface area (Å²) >= 11 is 13.1. The Bertz CT molecular complexity index is 1880. The van der Waals surface area contributed by atoms with Gasteiger partial charge in [-0.05, 0) is 36.2 Å². The fraction of sp³-hybridized carbons (Fsp3) is 0.610. The third-order valence-electron chi connectivity index (χ3n) is 10.2. The molecule has 3 fully saturated rings. The standard InChI is InChI=1S/C41H55Cl2IN3O14S/c1-23-29(40(54)47-35-37(52)36(51)32(19-48)61-41(35)55-2)18-30(42)38(34(23)43)60-20-24-4-3-5-25(14-24)39(53)46-7-9-57-11-13-59-22-33(50)45-6-8-56-10-12-58-21-31(49)26-15-27-17-28(16-26)62-44-27/h3-5,14,18,26-28,32,35-37,41,48,51-52H,6-13,15-17,19-22H2,1-2H3,(H,45,50)(H,46,53)(H,47,54)/q-1/t26?,27?,28?,32-,35-,36-,37-,41+/m1/s1/i28T. The van der Waals surface area contributed by atoms with Crippen molar-refractivity contribution in [1.29, 1.82) is 0 Å². The van der Waals surface area contributed by atoms with Gasteiger partial charge in [-0.15, -0.1) is 0 Å².